The Morgan fingerprint density at radius 2 is 1.86 bits per heavy atom. The molecule has 0 saturated heterocycles. The van der Waals surface area contributed by atoms with Gasteiger partial charge in [0.1, 0.15) is 23.2 Å². The van der Waals surface area contributed by atoms with Crippen molar-refractivity contribution in [1.29, 1.82) is 0 Å². The first-order valence-corrected chi connectivity index (χ1v) is 9.66. The van der Waals surface area contributed by atoms with E-state index in [9.17, 15) is 19.1 Å². The average Bonchev–Trinajstić information content (AvgIpc) is 3.16. The van der Waals surface area contributed by atoms with E-state index >= 15 is 0 Å². The molecule has 29 heavy (non-hydrogen) atoms. The van der Waals surface area contributed by atoms with Gasteiger partial charge in [0.25, 0.3) is 0 Å². The van der Waals surface area contributed by atoms with Crippen LogP contribution in [0.2, 0.25) is 0 Å². The fourth-order valence-corrected chi connectivity index (χ4v) is 3.35. The minimum atomic E-state index is -1.59. The van der Waals surface area contributed by atoms with E-state index in [1.54, 1.807) is 41.8 Å². The van der Waals surface area contributed by atoms with Gasteiger partial charge in [0, 0.05) is 10.9 Å². The molecule has 2 aromatic carbocycles. The van der Waals surface area contributed by atoms with Crippen molar-refractivity contribution in [3.63, 3.8) is 0 Å². The van der Waals surface area contributed by atoms with E-state index in [1.807, 2.05) is 6.07 Å². The van der Waals surface area contributed by atoms with Gasteiger partial charge in [-0.1, -0.05) is 18.2 Å². The monoisotopic (exact) mass is 414 g/mol. The third kappa shape index (κ3) is 5.39. The van der Waals surface area contributed by atoms with E-state index in [4.69, 9.17) is 4.74 Å². The number of thiazole rings is 1. The molecule has 3 aromatic rings. The molecule has 6 nitrogen and oxygen atoms in total. The summed E-state index contributed by atoms with van der Waals surface area (Å²) in [4.78, 5) is 28.5. The molecule has 0 fully saturated rings. The largest absolute Gasteiger partial charge is 0.491 e. The number of halogens is 1. The van der Waals surface area contributed by atoms with Gasteiger partial charge in [-0.3, -0.25) is 4.79 Å². The summed E-state index contributed by atoms with van der Waals surface area (Å²) >= 11 is 1.33. The number of aliphatic carboxylic acids is 1. The van der Waals surface area contributed by atoms with Crippen LogP contribution in [0.5, 0.6) is 5.75 Å². The molecular formula is C21H19FN2O4S. The maximum Gasteiger partial charge on any atom is 0.332 e. The van der Waals surface area contributed by atoms with Crippen LogP contribution in [0.1, 0.15) is 12.6 Å². The number of carbonyl (C=O) groups excluding carboxylic acids is 1. The minimum Gasteiger partial charge on any atom is -0.491 e. The van der Waals surface area contributed by atoms with Crippen LogP contribution in [0.15, 0.2) is 60.0 Å². The highest BCUT2D eigenvalue weighted by molar-refractivity contribution is 7.13. The zero-order valence-electron chi connectivity index (χ0n) is 15.6. The molecule has 0 bridgehead atoms. The molecule has 2 N–H and O–H groups in total. The average molecular weight is 414 g/mol. The molecule has 1 unspecified atom stereocenters. The first-order chi connectivity index (χ1) is 13.9. The second-order valence-electron chi connectivity index (χ2n) is 6.61. The Morgan fingerprint density at radius 3 is 2.52 bits per heavy atom. The van der Waals surface area contributed by atoms with E-state index in [1.165, 1.54) is 30.4 Å². The van der Waals surface area contributed by atoms with Crippen molar-refractivity contribution in [3.05, 3.63) is 71.5 Å². The molecule has 150 valence electrons. The molecular weight excluding hydrogens is 395 g/mol. The summed E-state index contributed by atoms with van der Waals surface area (Å²) in [6.07, 6.45) is -0.0775. The van der Waals surface area contributed by atoms with E-state index in [-0.39, 0.29) is 18.8 Å². The van der Waals surface area contributed by atoms with Crippen LogP contribution in [0.25, 0.3) is 10.6 Å². The van der Waals surface area contributed by atoms with Gasteiger partial charge in [0.2, 0.25) is 5.91 Å². The lowest BCUT2D eigenvalue weighted by Crippen LogP contribution is -2.56. The number of hydrogen-bond acceptors (Lipinski definition) is 5. The molecule has 1 atom stereocenters. The number of para-hydroxylation sites is 1. The van der Waals surface area contributed by atoms with Gasteiger partial charge in [-0.2, -0.15) is 0 Å². The van der Waals surface area contributed by atoms with Gasteiger partial charge >= 0.3 is 5.97 Å². The summed E-state index contributed by atoms with van der Waals surface area (Å²) in [6.45, 7) is 1.16. The van der Waals surface area contributed by atoms with Crippen LogP contribution in [0.3, 0.4) is 0 Å². The van der Waals surface area contributed by atoms with Crippen molar-refractivity contribution in [2.24, 2.45) is 0 Å². The summed E-state index contributed by atoms with van der Waals surface area (Å²) in [5.74, 6) is -1.51. The number of carboxylic acid groups (broad SMARTS) is 1. The molecule has 8 heteroatoms. The predicted octanol–water partition coefficient (Wildman–Crippen LogP) is 3.53. The number of amides is 1. The number of ether oxygens (including phenoxy) is 1. The maximum atomic E-state index is 13.0. The number of nitrogens with one attached hydrogen (secondary N) is 1. The summed E-state index contributed by atoms with van der Waals surface area (Å²) in [5.41, 5.74) is -0.346. The van der Waals surface area contributed by atoms with E-state index in [0.29, 0.717) is 16.5 Å². The van der Waals surface area contributed by atoms with Gasteiger partial charge in [-0.15, -0.1) is 11.3 Å². The Bertz CT molecular complexity index is 991. The Kier molecular flexibility index (Phi) is 6.23. The van der Waals surface area contributed by atoms with Crippen LogP contribution in [-0.2, 0) is 16.0 Å². The second kappa shape index (κ2) is 8.83. The Hall–Kier alpha value is -3.26. The Labute approximate surface area is 171 Å². The van der Waals surface area contributed by atoms with Gasteiger partial charge in [0.15, 0.2) is 5.54 Å². The third-order valence-electron chi connectivity index (χ3n) is 4.14. The smallest absolute Gasteiger partial charge is 0.332 e. The van der Waals surface area contributed by atoms with E-state index < -0.39 is 17.4 Å². The Balaban J connectivity index is 1.63. The van der Waals surface area contributed by atoms with E-state index in [2.05, 4.69) is 10.3 Å². The van der Waals surface area contributed by atoms with Gasteiger partial charge in [-0.05, 0) is 43.3 Å². The molecule has 0 radical (unpaired) electrons. The maximum absolute atomic E-state index is 13.0. The molecule has 0 spiro atoms. The highest BCUT2D eigenvalue weighted by atomic mass is 32.1. The lowest BCUT2D eigenvalue weighted by atomic mass is 10.0. The summed E-state index contributed by atoms with van der Waals surface area (Å²) < 4.78 is 18.6. The van der Waals surface area contributed by atoms with Gasteiger partial charge in [-0.25, -0.2) is 14.2 Å². The van der Waals surface area contributed by atoms with Crippen molar-refractivity contribution >= 4 is 23.2 Å². The van der Waals surface area contributed by atoms with Gasteiger partial charge < -0.3 is 15.2 Å². The van der Waals surface area contributed by atoms with Crippen LogP contribution in [0.4, 0.5) is 4.39 Å². The van der Waals surface area contributed by atoms with Crippen molar-refractivity contribution in [1.82, 2.24) is 10.3 Å². The number of carboxylic acids is 1. The zero-order valence-corrected chi connectivity index (χ0v) is 16.4. The molecule has 0 aliphatic carbocycles. The van der Waals surface area contributed by atoms with Crippen LogP contribution < -0.4 is 10.1 Å². The Morgan fingerprint density at radius 1 is 1.17 bits per heavy atom. The summed E-state index contributed by atoms with van der Waals surface area (Å²) in [6, 6.07) is 14.7. The minimum absolute atomic E-state index is 0.0775. The van der Waals surface area contributed by atoms with Crippen LogP contribution >= 0.6 is 11.3 Å². The van der Waals surface area contributed by atoms with Crippen LogP contribution in [0, 0.1) is 5.82 Å². The topological polar surface area (TPSA) is 88.5 Å². The molecule has 3 rings (SSSR count). The lowest BCUT2D eigenvalue weighted by Gasteiger charge is -2.26. The summed E-state index contributed by atoms with van der Waals surface area (Å²) in [7, 11) is 0. The van der Waals surface area contributed by atoms with Gasteiger partial charge in [0.05, 0.1) is 12.1 Å². The standard InChI is InChI=1S/C21H19FN2O4S/c1-21(20(26)27,13-28-17-5-3-2-4-6-17)24-18(25)11-16-12-29-19(23-16)14-7-9-15(22)10-8-14/h2-10,12H,11,13H2,1H3,(H,24,25)(H,26,27). The third-order valence-corrected chi connectivity index (χ3v) is 5.08. The normalized spacial score (nSPS) is 12.8. The van der Waals surface area contributed by atoms with Crippen molar-refractivity contribution in [3.8, 4) is 16.3 Å². The number of nitrogens with zero attached hydrogens (tertiary/aromatic N) is 1. The molecule has 0 aliphatic rings. The number of hydrogen-bond donors (Lipinski definition) is 2. The van der Waals surface area contributed by atoms with Crippen molar-refractivity contribution in [2.75, 3.05) is 6.61 Å². The molecule has 0 aliphatic heterocycles. The first kappa shape index (κ1) is 20.5. The van der Waals surface area contributed by atoms with E-state index in [0.717, 1.165) is 5.56 Å². The highest BCUT2D eigenvalue weighted by Crippen LogP contribution is 2.24. The van der Waals surface area contributed by atoms with Crippen molar-refractivity contribution in [2.45, 2.75) is 18.9 Å². The fourth-order valence-electron chi connectivity index (χ4n) is 2.53. The number of carbonyl (C=O) groups is 2. The predicted molar refractivity (Wildman–Crippen MR) is 107 cm³/mol. The highest BCUT2D eigenvalue weighted by Gasteiger charge is 2.36. The zero-order chi connectivity index (χ0) is 20.9. The second-order valence-corrected chi connectivity index (χ2v) is 7.47. The number of rotatable bonds is 8. The first-order valence-electron chi connectivity index (χ1n) is 8.78. The van der Waals surface area contributed by atoms with Crippen LogP contribution in [-0.4, -0.2) is 34.1 Å². The lowest BCUT2D eigenvalue weighted by molar-refractivity contribution is -0.148. The molecule has 1 amide bonds. The quantitative estimate of drug-likeness (QED) is 0.589. The molecule has 0 saturated carbocycles. The number of aromatic nitrogens is 1. The summed E-state index contributed by atoms with van der Waals surface area (Å²) in [5, 5.41) is 14.5. The molecule has 1 aromatic heterocycles. The SMILES string of the molecule is CC(COc1ccccc1)(NC(=O)Cc1csc(-c2ccc(F)cc2)n1)C(=O)O. The fraction of sp³-hybridized carbons (Fsp3) is 0.190. The molecule has 1 heterocycles. The van der Waals surface area contributed by atoms with Crippen molar-refractivity contribution < 1.29 is 23.8 Å². The number of benzene rings is 2.